The highest BCUT2D eigenvalue weighted by molar-refractivity contribution is 5.91. The van der Waals surface area contributed by atoms with Crippen LogP contribution >= 0.6 is 0 Å². The largest absolute Gasteiger partial charge is 0.484 e. The lowest BCUT2D eigenvalue weighted by Crippen LogP contribution is -2.52. The second kappa shape index (κ2) is 7.59. The number of nitrogens with zero attached hydrogens (tertiary/aromatic N) is 2. The van der Waals surface area contributed by atoms with Crippen molar-refractivity contribution in [3.8, 4) is 5.75 Å². The molecule has 2 unspecified atom stereocenters. The molecule has 2 aliphatic rings. The molecule has 1 saturated carbocycles. The molecule has 1 aromatic carbocycles. The summed E-state index contributed by atoms with van der Waals surface area (Å²) in [5.41, 5.74) is 0.893. The molecule has 0 bridgehead atoms. The van der Waals surface area contributed by atoms with Crippen LogP contribution in [0.5, 0.6) is 5.75 Å². The standard InChI is InChI=1S/C19H22FN5O3/c1-11-8-17(26)23-19(21-11)25-16(9-15(24-25)12-2-3-12)22-18(27)10-28-14-6-4-13(20)5-7-14/h4-7,9,11-12,19,21H,2-3,8,10H2,1H3,(H,22,27)(H,23,26). The summed E-state index contributed by atoms with van der Waals surface area (Å²) in [4.78, 5) is 24.3. The fourth-order valence-corrected chi connectivity index (χ4v) is 3.13. The molecule has 0 spiro atoms. The zero-order valence-corrected chi connectivity index (χ0v) is 15.4. The van der Waals surface area contributed by atoms with Gasteiger partial charge in [0.2, 0.25) is 5.91 Å². The van der Waals surface area contributed by atoms with Crippen LogP contribution in [0, 0.1) is 5.82 Å². The maximum atomic E-state index is 12.9. The van der Waals surface area contributed by atoms with Crippen LogP contribution in [0.3, 0.4) is 0 Å². The fourth-order valence-electron chi connectivity index (χ4n) is 3.13. The van der Waals surface area contributed by atoms with E-state index in [-0.39, 0.29) is 30.3 Å². The maximum absolute atomic E-state index is 12.9. The van der Waals surface area contributed by atoms with Gasteiger partial charge in [0.15, 0.2) is 12.9 Å². The second-order valence-corrected chi connectivity index (χ2v) is 7.21. The van der Waals surface area contributed by atoms with E-state index in [0.717, 1.165) is 18.5 Å². The van der Waals surface area contributed by atoms with Gasteiger partial charge in [0.25, 0.3) is 5.91 Å². The first-order valence-electron chi connectivity index (χ1n) is 9.31. The molecule has 2 amide bonds. The monoisotopic (exact) mass is 387 g/mol. The van der Waals surface area contributed by atoms with Crippen LogP contribution in [0.15, 0.2) is 30.3 Å². The Balaban J connectivity index is 1.46. The zero-order chi connectivity index (χ0) is 19.7. The third-order valence-electron chi connectivity index (χ3n) is 4.68. The first kappa shape index (κ1) is 18.4. The number of nitrogens with one attached hydrogen (secondary N) is 3. The number of carbonyl (C=O) groups is 2. The molecule has 2 fully saturated rings. The summed E-state index contributed by atoms with van der Waals surface area (Å²) >= 11 is 0. The number of aromatic nitrogens is 2. The van der Waals surface area contributed by atoms with Gasteiger partial charge in [0, 0.05) is 24.4 Å². The maximum Gasteiger partial charge on any atom is 0.263 e. The van der Waals surface area contributed by atoms with E-state index in [1.165, 1.54) is 24.3 Å². The van der Waals surface area contributed by atoms with E-state index < -0.39 is 6.29 Å². The molecule has 2 aromatic rings. The molecule has 0 radical (unpaired) electrons. The van der Waals surface area contributed by atoms with Crippen LogP contribution in [0.25, 0.3) is 0 Å². The molecule has 1 saturated heterocycles. The van der Waals surface area contributed by atoms with Crippen LogP contribution in [-0.2, 0) is 9.59 Å². The van der Waals surface area contributed by atoms with Gasteiger partial charge < -0.3 is 15.4 Å². The third kappa shape index (κ3) is 4.30. The highest BCUT2D eigenvalue weighted by Gasteiger charge is 2.31. The topological polar surface area (TPSA) is 97.3 Å². The predicted octanol–water partition coefficient (Wildman–Crippen LogP) is 1.87. The van der Waals surface area contributed by atoms with Gasteiger partial charge in [-0.1, -0.05) is 0 Å². The Morgan fingerprint density at radius 1 is 1.36 bits per heavy atom. The number of halogens is 1. The van der Waals surface area contributed by atoms with Gasteiger partial charge >= 0.3 is 0 Å². The minimum atomic E-state index is -0.530. The Bertz CT molecular complexity index is 878. The Kier molecular flexibility index (Phi) is 4.99. The highest BCUT2D eigenvalue weighted by atomic mass is 19.1. The molecule has 1 aliphatic heterocycles. The second-order valence-electron chi connectivity index (χ2n) is 7.21. The molecule has 2 atom stereocenters. The van der Waals surface area contributed by atoms with Crippen molar-refractivity contribution in [1.29, 1.82) is 0 Å². The van der Waals surface area contributed by atoms with Crippen molar-refractivity contribution in [2.75, 3.05) is 11.9 Å². The van der Waals surface area contributed by atoms with Crippen molar-refractivity contribution < 1.29 is 18.7 Å². The van der Waals surface area contributed by atoms with Gasteiger partial charge in [-0.3, -0.25) is 14.9 Å². The molecule has 9 heteroatoms. The van der Waals surface area contributed by atoms with E-state index in [1.807, 2.05) is 13.0 Å². The van der Waals surface area contributed by atoms with E-state index >= 15 is 0 Å². The van der Waals surface area contributed by atoms with E-state index in [9.17, 15) is 14.0 Å². The van der Waals surface area contributed by atoms with Crippen LogP contribution < -0.4 is 20.7 Å². The van der Waals surface area contributed by atoms with Crippen molar-refractivity contribution in [2.45, 2.75) is 44.4 Å². The molecular weight excluding hydrogens is 365 g/mol. The number of anilines is 1. The summed E-state index contributed by atoms with van der Waals surface area (Å²) in [5.74, 6) is 0.466. The van der Waals surface area contributed by atoms with E-state index in [0.29, 0.717) is 23.9 Å². The first-order chi connectivity index (χ1) is 13.5. The summed E-state index contributed by atoms with van der Waals surface area (Å²) in [5, 5.41) is 13.5. The van der Waals surface area contributed by atoms with Gasteiger partial charge in [0.1, 0.15) is 17.4 Å². The number of carbonyl (C=O) groups excluding carboxylic acids is 2. The fraction of sp³-hybridized carbons (Fsp3) is 0.421. The van der Waals surface area contributed by atoms with Gasteiger partial charge in [-0.25, -0.2) is 9.07 Å². The van der Waals surface area contributed by atoms with Gasteiger partial charge in [-0.05, 0) is 44.0 Å². The number of amides is 2. The molecule has 148 valence electrons. The minimum absolute atomic E-state index is 0.00214. The summed E-state index contributed by atoms with van der Waals surface area (Å²) in [6.45, 7) is 1.70. The van der Waals surface area contributed by atoms with Crippen LogP contribution in [0.4, 0.5) is 10.2 Å². The summed E-state index contributed by atoms with van der Waals surface area (Å²) in [6.07, 6.45) is 2.00. The number of ether oxygens (including phenoxy) is 1. The van der Waals surface area contributed by atoms with Crippen molar-refractivity contribution in [2.24, 2.45) is 0 Å². The lowest BCUT2D eigenvalue weighted by molar-refractivity contribution is -0.125. The van der Waals surface area contributed by atoms with Gasteiger partial charge in [-0.2, -0.15) is 5.10 Å². The third-order valence-corrected chi connectivity index (χ3v) is 4.68. The molecule has 1 aromatic heterocycles. The lowest BCUT2D eigenvalue weighted by atomic mass is 10.2. The average Bonchev–Trinajstić information content (AvgIpc) is 3.41. The Morgan fingerprint density at radius 2 is 2.11 bits per heavy atom. The molecule has 28 heavy (non-hydrogen) atoms. The highest BCUT2D eigenvalue weighted by Crippen LogP contribution is 2.40. The van der Waals surface area contributed by atoms with Crippen LogP contribution in [-0.4, -0.2) is 34.2 Å². The Morgan fingerprint density at radius 3 is 2.79 bits per heavy atom. The van der Waals surface area contributed by atoms with E-state index in [2.05, 4.69) is 21.0 Å². The van der Waals surface area contributed by atoms with Gasteiger partial charge in [0.05, 0.1) is 5.69 Å². The number of benzene rings is 1. The number of hydrogen-bond donors (Lipinski definition) is 3. The average molecular weight is 387 g/mol. The Labute approximate surface area is 161 Å². The van der Waals surface area contributed by atoms with E-state index in [4.69, 9.17) is 4.74 Å². The lowest BCUT2D eigenvalue weighted by Gasteiger charge is -2.30. The molecular formula is C19H22FN5O3. The molecule has 4 rings (SSSR count). The smallest absolute Gasteiger partial charge is 0.263 e. The van der Waals surface area contributed by atoms with E-state index in [1.54, 1.807) is 4.68 Å². The molecule has 2 heterocycles. The van der Waals surface area contributed by atoms with Gasteiger partial charge in [-0.15, -0.1) is 0 Å². The quantitative estimate of drug-likeness (QED) is 0.703. The van der Waals surface area contributed by atoms with Crippen molar-refractivity contribution in [3.05, 3.63) is 41.8 Å². The molecule has 8 nitrogen and oxygen atoms in total. The van der Waals surface area contributed by atoms with Crippen LogP contribution in [0.2, 0.25) is 0 Å². The first-order valence-corrected chi connectivity index (χ1v) is 9.31. The SMILES string of the molecule is CC1CC(=O)NC(n2nc(C3CC3)cc2NC(=O)COc2ccc(F)cc2)N1. The minimum Gasteiger partial charge on any atom is -0.484 e. The van der Waals surface area contributed by atoms with Crippen molar-refractivity contribution in [1.82, 2.24) is 20.4 Å². The number of rotatable bonds is 6. The van der Waals surface area contributed by atoms with Crippen molar-refractivity contribution in [3.63, 3.8) is 0 Å². The predicted molar refractivity (Wildman–Crippen MR) is 99.1 cm³/mol. The molecule has 3 N–H and O–H groups in total. The summed E-state index contributed by atoms with van der Waals surface area (Å²) in [7, 11) is 0. The number of hydrogen-bond acceptors (Lipinski definition) is 5. The molecule has 1 aliphatic carbocycles. The Hall–Kier alpha value is -2.94. The van der Waals surface area contributed by atoms with Crippen LogP contribution in [0.1, 0.15) is 44.1 Å². The zero-order valence-electron chi connectivity index (χ0n) is 15.4. The summed E-state index contributed by atoms with van der Waals surface area (Å²) in [6, 6.07) is 7.28. The summed E-state index contributed by atoms with van der Waals surface area (Å²) < 4.78 is 19.9. The normalized spacial score (nSPS) is 21.9. The van der Waals surface area contributed by atoms with Crippen molar-refractivity contribution >= 4 is 17.6 Å².